The summed E-state index contributed by atoms with van der Waals surface area (Å²) < 4.78 is 43.3. The van der Waals surface area contributed by atoms with Gasteiger partial charge in [-0.1, -0.05) is 92.2 Å². The fraction of sp³-hybridized carbons (Fsp3) is 0.312. The maximum absolute atomic E-state index is 14.1. The number of Topliss-reactive ketones (excluding diaryl/α,β-unsaturated/α-hetero) is 1. The van der Waals surface area contributed by atoms with Crippen molar-refractivity contribution in [2.24, 2.45) is 0 Å². The summed E-state index contributed by atoms with van der Waals surface area (Å²) in [6.45, 7) is 4.08. The number of hydrogen-bond donors (Lipinski definition) is 1. The summed E-state index contributed by atoms with van der Waals surface area (Å²) in [7, 11) is 0. The minimum Gasteiger partial charge on any atom is -0.363 e. The van der Waals surface area contributed by atoms with Crippen LogP contribution in [-0.4, -0.2) is 21.7 Å². The maximum atomic E-state index is 14.1. The average molecular weight is 566 g/mol. The Morgan fingerprint density at radius 1 is 0.950 bits per heavy atom. The van der Waals surface area contributed by atoms with Crippen LogP contribution in [0.1, 0.15) is 73.1 Å². The number of rotatable bonds is 8. The van der Waals surface area contributed by atoms with Crippen LogP contribution >= 0.6 is 11.6 Å². The summed E-state index contributed by atoms with van der Waals surface area (Å²) in [6, 6.07) is 22.4. The molecule has 0 fully saturated rings. The standard InChI is InChI=1S/C32H31ClF3N3O/c1-3-31(4-2,24-14-10-21(11-15-24)22-12-16-25(33)17-13-22)19-28(40)26-20-37-39-29(32(34,35)36)18-27(38-30(26)39)23-8-6-5-7-9-23/h5-17,20,27,29,38H,3-4,18-19H2,1-2H3. The Morgan fingerprint density at radius 2 is 1.55 bits per heavy atom. The summed E-state index contributed by atoms with van der Waals surface area (Å²) in [6.07, 6.45) is -1.86. The summed E-state index contributed by atoms with van der Waals surface area (Å²) in [5, 5.41) is 7.94. The molecule has 2 heterocycles. The number of hydrogen-bond acceptors (Lipinski definition) is 3. The Morgan fingerprint density at radius 3 is 2.12 bits per heavy atom. The molecule has 0 aliphatic carbocycles. The molecule has 0 amide bonds. The van der Waals surface area contributed by atoms with Crippen LogP contribution in [0.15, 0.2) is 85.1 Å². The fourth-order valence-electron chi connectivity index (χ4n) is 5.74. The number of nitrogens with zero attached hydrogens (tertiary/aromatic N) is 2. The molecule has 0 saturated heterocycles. The summed E-state index contributed by atoms with van der Waals surface area (Å²) in [4.78, 5) is 13.8. The quantitative estimate of drug-likeness (QED) is 0.217. The van der Waals surface area contributed by atoms with Crippen LogP contribution in [0.25, 0.3) is 11.1 Å². The average Bonchev–Trinajstić information content (AvgIpc) is 3.40. The minimum absolute atomic E-state index is 0.131. The van der Waals surface area contributed by atoms with Crippen molar-refractivity contribution in [2.45, 2.75) is 63.2 Å². The van der Waals surface area contributed by atoms with Gasteiger partial charge in [0.2, 0.25) is 0 Å². The third-order valence-corrected chi connectivity index (χ3v) is 8.52. The summed E-state index contributed by atoms with van der Waals surface area (Å²) in [5.41, 5.74) is 3.55. The lowest BCUT2D eigenvalue weighted by Crippen LogP contribution is -2.36. The molecule has 1 aromatic heterocycles. The monoisotopic (exact) mass is 565 g/mol. The molecular weight excluding hydrogens is 535 g/mol. The maximum Gasteiger partial charge on any atom is 0.410 e. The molecule has 4 aromatic rings. The van der Waals surface area contributed by atoms with E-state index in [0.717, 1.165) is 26.9 Å². The topological polar surface area (TPSA) is 46.9 Å². The van der Waals surface area contributed by atoms with Crippen molar-refractivity contribution < 1.29 is 18.0 Å². The van der Waals surface area contributed by atoms with Crippen LogP contribution in [0.3, 0.4) is 0 Å². The number of benzene rings is 3. The van der Waals surface area contributed by atoms with Gasteiger partial charge >= 0.3 is 6.18 Å². The van der Waals surface area contributed by atoms with Crippen molar-refractivity contribution in [3.8, 4) is 11.1 Å². The second-order valence-corrected chi connectivity index (χ2v) is 10.9. The highest BCUT2D eigenvalue weighted by molar-refractivity contribution is 6.30. The SMILES string of the molecule is CCC(CC)(CC(=O)c1cnn2c1NC(c1ccccc1)CC2C(F)(F)F)c1ccc(-c2ccc(Cl)cc2)cc1. The van der Waals surface area contributed by atoms with Gasteiger partial charge in [0, 0.05) is 23.3 Å². The smallest absolute Gasteiger partial charge is 0.363 e. The molecule has 0 saturated carbocycles. The highest BCUT2D eigenvalue weighted by Crippen LogP contribution is 2.45. The molecule has 0 spiro atoms. The van der Waals surface area contributed by atoms with Crippen molar-refractivity contribution in [1.29, 1.82) is 0 Å². The fourth-order valence-corrected chi connectivity index (χ4v) is 5.87. The molecule has 8 heteroatoms. The molecule has 40 heavy (non-hydrogen) atoms. The molecule has 1 aliphatic heterocycles. The van der Waals surface area contributed by atoms with E-state index < -0.39 is 23.7 Å². The first-order valence-electron chi connectivity index (χ1n) is 13.5. The van der Waals surface area contributed by atoms with Crippen LogP contribution < -0.4 is 5.32 Å². The zero-order chi connectivity index (χ0) is 28.5. The number of carbonyl (C=O) groups excluding carboxylic acids is 1. The Bertz CT molecular complexity index is 1460. The van der Waals surface area contributed by atoms with Gasteiger partial charge in [0.15, 0.2) is 11.8 Å². The number of anilines is 1. The van der Waals surface area contributed by atoms with Crippen LogP contribution in [0.2, 0.25) is 5.02 Å². The lowest BCUT2D eigenvalue weighted by atomic mass is 9.71. The molecule has 2 unspecified atom stereocenters. The Labute approximate surface area is 237 Å². The Balaban J connectivity index is 1.45. The van der Waals surface area contributed by atoms with Gasteiger partial charge in [0.1, 0.15) is 5.82 Å². The molecule has 3 aromatic carbocycles. The number of aromatic nitrogens is 2. The van der Waals surface area contributed by atoms with Gasteiger partial charge in [-0.05, 0) is 47.2 Å². The number of carbonyl (C=O) groups is 1. The molecule has 0 bridgehead atoms. The van der Waals surface area contributed by atoms with Crippen LogP contribution in [0.4, 0.5) is 19.0 Å². The summed E-state index contributed by atoms with van der Waals surface area (Å²) in [5.74, 6) is -0.0968. The van der Waals surface area contributed by atoms with Crippen LogP contribution in [0, 0.1) is 0 Å². The zero-order valence-electron chi connectivity index (χ0n) is 22.4. The van der Waals surface area contributed by atoms with E-state index in [-0.39, 0.29) is 30.0 Å². The summed E-state index contributed by atoms with van der Waals surface area (Å²) >= 11 is 6.03. The predicted octanol–water partition coefficient (Wildman–Crippen LogP) is 9.19. The number of nitrogens with one attached hydrogen (secondary N) is 1. The highest BCUT2D eigenvalue weighted by Gasteiger charge is 2.47. The molecule has 5 rings (SSSR count). The number of halogens is 4. The second kappa shape index (κ2) is 11.1. The van der Waals surface area contributed by atoms with Crippen LogP contribution in [-0.2, 0) is 5.41 Å². The van der Waals surface area contributed by atoms with Crippen molar-refractivity contribution in [3.63, 3.8) is 0 Å². The molecule has 1 aliphatic rings. The predicted molar refractivity (Wildman–Crippen MR) is 153 cm³/mol. The van der Waals surface area contributed by atoms with E-state index in [0.29, 0.717) is 17.9 Å². The Hall–Kier alpha value is -3.58. The molecule has 208 valence electrons. The first-order chi connectivity index (χ1) is 19.1. The number of ketones is 1. The van der Waals surface area contributed by atoms with Crippen molar-refractivity contribution in [3.05, 3.63) is 107 Å². The van der Waals surface area contributed by atoms with Gasteiger partial charge in [0.05, 0.1) is 17.8 Å². The lowest BCUT2D eigenvalue weighted by molar-refractivity contribution is -0.173. The minimum atomic E-state index is -4.50. The van der Waals surface area contributed by atoms with E-state index in [1.807, 2.05) is 68.4 Å². The molecule has 2 atom stereocenters. The van der Waals surface area contributed by atoms with E-state index in [9.17, 15) is 18.0 Å². The first-order valence-corrected chi connectivity index (χ1v) is 13.9. The Kier molecular flexibility index (Phi) is 7.78. The van der Waals surface area contributed by atoms with E-state index in [2.05, 4.69) is 10.4 Å². The van der Waals surface area contributed by atoms with Gasteiger partial charge < -0.3 is 5.32 Å². The van der Waals surface area contributed by atoms with Gasteiger partial charge in [-0.2, -0.15) is 18.3 Å². The molecule has 4 nitrogen and oxygen atoms in total. The second-order valence-electron chi connectivity index (χ2n) is 10.4. The van der Waals surface area contributed by atoms with E-state index in [1.165, 1.54) is 6.20 Å². The zero-order valence-corrected chi connectivity index (χ0v) is 23.1. The van der Waals surface area contributed by atoms with Gasteiger partial charge in [0.25, 0.3) is 0 Å². The molecule has 0 radical (unpaired) electrons. The van der Waals surface area contributed by atoms with Gasteiger partial charge in [-0.25, -0.2) is 4.68 Å². The van der Waals surface area contributed by atoms with E-state index in [1.54, 1.807) is 24.3 Å². The van der Waals surface area contributed by atoms with Crippen molar-refractivity contribution in [1.82, 2.24) is 9.78 Å². The van der Waals surface area contributed by atoms with E-state index >= 15 is 0 Å². The normalized spacial score (nSPS) is 17.2. The lowest BCUT2D eigenvalue weighted by Gasteiger charge is -2.35. The number of alkyl halides is 3. The third-order valence-electron chi connectivity index (χ3n) is 8.27. The van der Waals surface area contributed by atoms with Crippen molar-refractivity contribution >= 4 is 23.2 Å². The molecular formula is C32H31ClF3N3O. The number of fused-ring (bicyclic) bond motifs is 1. The van der Waals surface area contributed by atoms with Gasteiger partial charge in [-0.15, -0.1) is 0 Å². The highest BCUT2D eigenvalue weighted by atomic mass is 35.5. The van der Waals surface area contributed by atoms with Crippen molar-refractivity contribution in [2.75, 3.05) is 5.32 Å². The largest absolute Gasteiger partial charge is 0.410 e. The first kappa shape index (κ1) is 28.0. The molecule has 1 N–H and O–H groups in total. The third kappa shape index (κ3) is 5.39. The van der Waals surface area contributed by atoms with Gasteiger partial charge in [-0.3, -0.25) is 4.79 Å². The van der Waals surface area contributed by atoms with Crippen LogP contribution in [0.5, 0.6) is 0 Å². The van der Waals surface area contributed by atoms with E-state index in [4.69, 9.17) is 11.6 Å².